The van der Waals surface area contributed by atoms with E-state index >= 15 is 0 Å². The van der Waals surface area contributed by atoms with Crippen LogP contribution in [0.25, 0.3) is 0 Å². The molecule has 0 spiro atoms. The number of phenolic OH excluding ortho intramolecular Hbond substituents is 1. The number of ether oxygens (including phenoxy) is 2. The first-order valence-corrected chi connectivity index (χ1v) is 6.47. The molecule has 0 saturated heterocycles. The lowest BCUT2D eigenvalue weighted by Crippen LogP contribution is -2.13. The Morgan fingerprint density at radius 1 is 1.17 bits per heavy atom. The summed E-state index contributed by atoms with van der Waals surface area (Å²) in [5, 5.41) is 22.9. The molecule has 0 saturated carbocycles. The van der Waals surface area contributed by atoms with Crippen LogP contribution in [-0.2, 0) is 0 Å². The van der Waals surface area contributed by atoms with Gasteiger partial charge in [-0.15, -0.1) is 0 Å². The second kappa shape index (κ2) is 6.65. The molecule has 0 aliphatic carbocycles. The molecule has 0 bridgehead atoms. The van der Waals surface area contributed by atoms with Gasteiger partial charge < -0.3 is 19.9 Å². The van der Waals surface area contributed by atoms with Crippen LogP contribution in [0.15, 0.2) is 36.4 Å². The molecule has 120 valence electrons. The zero-order valence-electron chi connectivity index (χ0n) is 12.4. The van der Waals surface area contributed by atoms with Gasteiger partial charge in [-0.25, -0.2) is 0 Å². The van der Waals surface area contributed by atoms with Crippen LogP contribution in [0.3, 0.4) is 0 Å². The van der Waals surface area contributed by atoms with Gasteiger partial charge >= 0.3 is 0 Å². The fourth-order valence-corrected chi connectivity index (χ4v) is 1.91. The molecular weight excluding hydrogens is 304 g/mol. The summed E-state index contributed by atoms with van der Waals surface area (Å²) in [4.78, 5) is 22.5. The molecular formula is C15H14N2O6. The van der Waals surface area contributed by atoms with Gasteiger partial charge in [0.2, 0.25) is 0 Å². The number of benzene rings is 2. The highest BCUT2D eigenvalue weighted by molar-refractivity contribution is 6.07. The number of carbonyl (C=O) groups is 1. The molecule has 0 heterocycles. The minimum Gasteiger partial charge on any atom is -0.506 e. The number of nitrogens with zero attached hydrogens (tertiary/aromatic N) is 1. The molecule has 0 unspecified atom stereocenters. The molecule has 2 aromatic carbocycles. The molecule has 1 amide bonds. The average Bonchev–Trinajstić information content (AvgIpc) is 2.55. The Hall–Kier alpha value is -3.29. The van der Waals surface area contributed by atoms with Crippen LogP contribution < -0.4 is 14.8 Å². The van der Waals surface area contributed by atoms with E-state index in [4.69, 9.17) is 9.47 Å². The molecule has 2 rings (SSSR count). The summed E-state index contributed by atoms with van der Waals surface area (Å²) in [7, 11) is 2.88. The van der Waals surface area contributed by atoms with E-state index in [2.05, 4.69) is 5.32 Å². The Labute approximate surface area is 131 Å². The van der Waals surface area contributed by atoms with Crippen molar-refractivity contribution in [1.82, 2.24) is 0 Å². The van der Waals surface area contributed by atoms with Crippen molar-refractivity contribution in [1.29, 1.82) is 0 Å². The van der Waals surface area contributed by atoms with Gasteiger partial charge in [0, 0.05) is 18.2 Å². The molecule has 2 aromatic rings. The first-order chi connectivity index (χ1) is 11.0. The van der Waals surface area contributed by atoms with Crippen molar-refractivity contribution in [3.63, 3.8) is 0 Å². The first-order valence-electron chi connectivity index (χ1n) is 6.47. The Balaban J connectivity index is 2.32. The highest BCUT2D eigenvalue weighted by atomic mass is 16.6. The number of hydrogen-bond donors (Lipinski definition) is 2. The number of anilines is 1. The second-order valence-electron chi connectivity index (χ2n) is 4.48. The minimum absolute atomic E-state index is 0.0675. The SMILES string of the molecule is COc1ccc(C(=O)Nc2cc([N+](=O)[O-])ccc2O)c(OC)c1. The van der Waals surface area contributed by atoms with E-state index in [1.165, 1.54) is 26.4 Å². The number of amides is 1. The fraction of sp³-hybridized carbons (Fsp3) is 0.133. The van der Waals surface area contributed by atoms with Gasteiger partial charge in [-0.3, -0.25) is 14.9 Å². The van der Waals surface area contributed by atoms with Gasteiger partial charge in [-0.1, -0.05) is 0 Å². The maximum absolute atomic E-state index is 12.3. The zero-order valence-corrected chi connectivity index (χ0v) is 12.4. The lowest BCUT2D eigenvalue weighted by Gasteiger charge is -2.11. The highest BCUT2D eigenvalue weighted by Gasteiger charge is 2.17. The number of non-ortho nitro benzene ring substituents is 1. The van der Waals surface area contributed by atoms with E-state index in [1.54, 1.807) is 6.07 Å². The lowest BCUT2D eigenvalue weighted by molar-refractivity contribution is -0.384. The number of methoxy groups -OCH3 is 2. The predicted octanol–water partition coefficient (Wildman–Crippen LogP) is 2.57. The molecule has 23 heavy (non-hydrogen) atoms. The van der Waals surface area contributed by atoms with Crippen LogP contribution in [-0.4, -0.2) is 30.2 Å². The van der Waals surface area contributed by atoms with Crippen LogP contribution in [0.1, 0.15) is 10.4 Å². The van der Waals surface area contributed by atoms with Crippen molar-refractivity contribution in [2.24, 2.45) is 0 Å². The summed E-state index contributed by atoms with van der Waals surface area (Å²) in [6.07, 6.45) is 0. The topological polar surface area (TPSA) is 111 Å². The predicted molar refractivity (Wildman–Crippen MR) is 82.3 cm³/mol. The molecule has 0 fully saturated rings. The standard InChI is InChI=1S/C15H14N2O6/c1-22-10-4-5-11(14(8-10)23-2)15(19)16-12-7-9(17(20)21)3-6-13(12)18/h3-8,18H,1-2H3,(H,16,19). The third kappa shape index (κ3) is 3.49. The Bertz CT molecular complexity index is 760. The Morgan fingerprint density at radius 2 is 1.91 bits per heavy atom. The number of hydrogen-bond acceptors (Lipinski definition) is 6. The third-order valence-electron chi connectivity index (χ3n) is 3.09. The number of aromatic hydroxyl groups is 1. The fourth-order valence-electron chi connectivity index (χ4n) is 1.91. The lowest BCUT2D eigenvalue weighted by atomic mass is 10.1. The number of nitro groups is 1. The summed E-state index contributed by atoms with van der Waals surface area (Å²) in [5.74, 6) is -0.0832. The second-order valence-corrected chi connectivity index (χ2v) is 4.48. The summed E-state index contributed by atoms with van der Waals surface area (Å²) < 4.78 is 10.2. The van der Waals surface area contributed by atoms with Crippen molar-refractivity contribution >= 4 is 17.3 Å². The van der Waals surface area contributed by atoms with E-state index in [-0.39, 0.29) is 28.4 Å². The van der Waals surface area contributed by atoms with Crippen molar-refractivity contribution in [2.45, 2.75) is 0 Å². The van der Waals surface area contributed by atoms with Gasteiger partial charge in [-0.2, -0.15) is 0 Å². The molecule has 8 nitrogen and oxygen atoms in total. The molecule has 0 atom stereocenters. The number of carbonyl (C=O) groups excluding carboxylic acids is 1. The number of nitrogens with one attached hydrogen (secondary N) is 1. The van der Waals surface area contributed by atoms with Gasteiger partial charge in [0.15, 0.2) is 0 Å². The van der Waals surface area contributed by atoms with Crippen molar-refractivity contribution in [3.8, 4) is 17.2 Å². The van der Waals surface area contributed by atoms with Crippen molar-refractivity contribution < 1.29 is 24.3 Å². The smallest absolute Gasteiger partial charge is 0.271 e. The summed E-state index contributed by atoms with van der Waals surface area (Å²) in [6.45, 7) is 0. The zero-order chi connectivity index (χ0) is 17.0. The highest BCUT2D eigenvalue weighted by Crippen LogP contribution is 2.30. The van der Waals surface area contributed by atoms with E-state index < -0.39 is 10.8 Å². The molecule has 0 aromatic heterocycles. The largest absolute Gasteiger partial charge is 0.506 e. The molecule has 2 N–H and O–H groups in total. The molecule has 8 heteroatoms. The maximum Gasteiger partial charge on any atom is 0.271 e. The van der Waals surface area contributed by atoms with E-state index in [9.17, 15) is 20.0 Å². The molecule has 0 aliphatic heterocycles. The Morgan fingerprint density at radius 3 is 2.52 bits per heavy atom. The quantitative estimate of drug-likeness (QED) is 0.498. The van der Waals surface area contributed by atoms with Gasteiger partial charge in [-0.05, 0) is 18.2 Å². The van der Waals surface area contributed by atoms with Crippen LogP contribution >= 0.6 is 0 Å². The first kappa shape index (κ1) is 16.1. The maximum atomic E-state index is 12.3. The van der Waals surface area contributed by atoms with Gasteiger partial charge in [0.1, 0.15) is 17.2 Å². The van der Waals surface area contributed by atoms with Crippen LogP contribution in [0.2, 0.25) is 0 Å². The van der Waals surface area contributed by atoms with E-state index in [0.29, 0.717) is 5.75 Å². The summed E-state index contributed by atoms with van der Waals surface area (Å²) in [5.41, 5.74) is -0.124. The van der Waals surface area contributed by atoms with Gasteiger partial charge in [0.05, 0.1) is 30.4 Å². The van der Waals surface area contributed by atoms with E-state index in [1.807, 2.05) is 0 Å². The number of phenols is 1. The normalized spacial score (nSPS) is 10.0. The monoisotopic (exact) mass is 318 g/mol. The van der Waals surface area contributed by atoms with Gasteiger partial charge in [0.25, 0.3) is 11.6 Å². The summed E-state index contributed by atoms with van der Waals surface area (Å²) in [6, 6.07) is 7.94. The van der Waals surface area contributed by atoms with Crippen LogP contribution in [0.5, 0.6) is 17.2 Å². The van der Waals surface area contributed by atoms with E-state index in [0.717, 1.165) is 18.2 Å². The minimum atomic E-state index is -0.622. The third-order valence-corrected chi connectivity index (χ3v) is 3.09. The van der Waals surface area contributed by atoms with Crippen LogP contribution in [0.4, 0.5) is 11.4 Å². The molecule has 0 aliphatic rings. The average molecular weight is 318 g/mol. The van der Waals surface area contributed by atoms with Crippen molar-refractivity contribution in [2.75, 3.05) is 19.5 Å². The van der Waals surface area contributed by atoms with Crippen molar-refractivity contribution in [3.05, 3.63) is 52.1 Å². The number of rotatable bonds is 5. The number of nitro benzene ring substituents is 1. The van der Waals surface area contributed by atoms with Crippen LogP contribution in [0, 0.1) is 10.1 Å². The molecule has 0 radical (unpaired) electrons. The summed E-state index contributed by atoms with van der Waals surface area (Å²) >= 11 is 0. The Kier molecular flexibility index (Phi) is 4.65.